The lowest BCUT2D eigenvalue weighted by Crippen LogP contribution is -2.17. The molecule has 0 unspecified atom stereocenters. The number of hydrogen-bond donors (Lipinski definition) is 2. The highest BCUT2D eigenvalue weighted by Crippen LogP contribution is 2.20. The standard InChI is InChI=1S/C13H18N2O2/c1-8(2)13(17)15-11-5-6-12(9(3)7-11)14-10(4)16/h5-8H,1-4H3,(H,14,16)(H,15,17). The van der Waals surface area contributed by atoms with Gasteiger partial charge in [0.2, 0.25) is 11.8 Å². The molecule has 0 atom stereocenters. The fourth-order valence-corrected chi connectivity index (χ4v) is 1.36. The molecule has 4 nitrogen and oxygen atoms in total. The van der Waals surface area contributed by atoms with Crippen LogP contribution in [0.4, 0.5) is 11.4 Å². The van der Waals surface area contributed by atoms with Gasteiger partial charge in [0, 0.05) is 24.2 Å². The first-order valence-corrected chi connectivity index (χ1v) is 5.59. The molecule has 0 aromatic heterocycles. The van der Waals surface area contributed by atoms with Crippen molar-refractivity contribution in [2.24, 2.45) is 5.92 Å². The Morgan fingerprint density at radius 2 is 1.82 bits per heavy atom. The van der Waals surface area contributed by atoms with E-state index in [4.69, 9.17) is 0 Å². The summed E-state index contributed by atoms with van der Waals surface area (Å²) in [5.41, 5.74) is 2.43. The Kier molecular flexibility index (Phi) is 4.26. The number of benzene rings is 1. The van der Waals surface area contributed by atoms with Gasteiger partial charge in [0.1, 0.15) is 0 Å². The fourth-order valence-electron chi connectivity index (χ4n) is 1.36. The van der Waals surface area contributed by atoms with Gasteiger partial charge >= 0.3 is 0 Å². The highest BCUT2D eigenvalue weighted by molar-refractivity contribution is 5.93. The zero-order valence-corrected chi connectivity index (χ0v) is 10.6. The topological polar surface area (TPSA) is 58.2 Å². The molecule has 0 saturated heterocycles. The summed E-state index contributed by atoms with van der Waals surface area (Å²) in [5.74, 6) is -0.172. The summed E-state index contributed by atoms with van der Waals surface area (Å²) in [6.45, 7) is 7.03. The lowest BCUT2D eigenvalue weighted by atomic mass is 10.1. The van der Waals surface area contributed by atoms with Crippen LogP contribution in [-0.2, 0) is 9.59 Å². The SMILES string of the molecule is CC(=O)Nc1ccc(NC(=O)C(C)C)cc1C. The van der Waals surface area contributed by atoms with Crippen molar-refractivity contribution < 1.29 is 9.59 Å². The van der Waals surface area contributed by atoms with E-state index in [0.29, 0.717) is 0 Å². The van der Waals surface area contributed by atoms with Gasteiger partial charge in [-0.25, -0.2) is 0 Å². The van der Waals surface area contributed by atoms with Crippen LogP contribution in [0.15, 0.2) is 18.2 Å². The number of rotatable bonds is 3. The second-order valence-corrected chi connectivity index (χ2v) is 4.35. The lowest BCUT2D eigenvalue weighted by molar-refractivity contribution is -0.119. The minimum absolute atomic E-state index is 0.0170. The van der Waals surface area contributed by atoms with E-state index in [1.54, 1.807) is 12.1 Å². The van der Waals surface area contributed by atoms with Gasteiger partial charge < -0.3 is 10.6 Å². The first-order chi connectivity index (χ1) is 7.90. The summed E-state index contributed by atoms with van der Waals surface area (Å²) in [5, 5.41) is 5.54. The summed E-state index contributed by atoms with van der Waals surface area (Å²) in [6.07, 6.45) is 0. The largest absolute Gasteiger partial charge is 0.326 e. The van der Waals surface area contributed by atoms with Crippen LogP contribution < -0.4 is 10.6 Å². The summed E-state index contributed by atoms with van der Waals surface area (Å²) in [4.78, 5) is 22.4. The van der Waals surface area contributed by atoms with Crippen LogP contribution in [0.3, 0.4) is 0 Å². The zero-order chi connectivity index (χ0) is 13.0. The van der Waals surface area contributed by atoms with Gasteiger partial charge in [0.15, 0.2) is 0 Å². The second kappa shape index (κ2) is 5.48. The minimum Gasteiger partial charge on any atom is -0.326 e. The van der Waals surface area contributed by atoms with Crippen molar-refractivity contribution in [2.45, 2.75) is 27.7 Å². The van der Waals surface area contributed by atoms with Gasteiger partial charge in [-0.1, -0.05) is 13.8 Å². The van der Waals surface area contributed by atoms with E-state index in [1.165, 1.54) is 6.92 Å². The third-order valence-corrected chi connectivity index (χ3v) is 2.33. The molecule has 2 amide bonds. The van der Waals surface area contributed by atoms with Crippen molar-refractivity contribution in [3.63, 3.8) is 0 Å². The van der Waals surface area contributed by atoms with E-state index in [1.807, 2.05) is 26.8 Å². The fraction of sp³-hybridized carbons (Fsp3) is 0.385. The van der Waals surface area contributed by atoms with E-state index in [0.717, 1.165) is 16.9 Å². The molecule has 0 fully saturated rings. The van der Waals surface area contributed by atoms with Gasteiger partial charge in [-0.05, 0) is 30.7 Å². The predicted octanol–water partition coefficient (Wildman–Crippen LogP) is 2.55. The molecule has 0 radical (unpaired) electrons. The van der Waals surface area contributed by atoms with Gasteiger partial charge in [-0.3, -0.25) is 9.59 Å². The number of nitrogens with one attached hydrogen (secondary N) is 2. The molecule has 0 aliphatic heterocycles. The Morgan fingerprint density at radius 3 is 2.29 bits per heavy atom. The molecule has 4 heteroatoms. The van der Waals surface area contributed by atoms with E-state index >= 15 is 0 Å². The molecule has 0 saturated carbocycles. The Balaban J connectivity index is 2.82. The van der Waals surface area contributed by atoms with Crippen molar-refractivity contribution in [3.8, 4) is 0 Å². The van der Waals surface area contributed by atoms with Crippen LogP contribution in [0.1, 0.15) is 26.3 Å². The molecule has 1 aromatic carbocycles. The van der Waals surface area contributed by atoms with Crippen LogP contribution >= 0.6 is 0 Å². The molecular weight excluding hydrogens is 216 g/mol. The predicted molar refractivity (Wildman–Crippen MR) is 69.0 cm³/mol. The van der Waals surface area contributed by atoms with Crippen molar-refractivity contribution in [2.75, 3.05) is 10.6 Å². The van der Waals surface area contributed by atoms with E-state index < -0.39 is 0 Å². The van der Waals surface area contributed by atoms with Gasteiger partial charge in [-0.15, -0.1) is 0 Å². The van der Waals surface area contributed by atoms with E-state index in [-0.39, 0.29) is 17.7 Å². The summed E-state index contributed by atoms with van der Waals surface area (Å²) in [7, 11) is 0. The Bertz CT molecular complexity index is 439. The quantitative estimate of drug-likeness (QED) is 0.844. The van der Waals surface area contributed by atoms with Crippen molar-refractivity contribution in [3.05, 3.63) is 23.8 Å². The second-order valence-electron chi connectivity index (χ2n) is 4.35. The molecule has 1 rings (SSSR count). The number of hydrogen-bond acceptors (Lipinski definition) is 2. The first-order valence-electron chi connectivity index (χ1n) is 5.59. The van der Waals surface area contributed by atoms with Crippen LogP contribution in [0.5, 0.6) is 0 Å². The Labute approximate surface area is 101 Å². The number of anilines is 2. The molecule has 0 aliphatic carbocycles. The van der Waals surface area contributed by atoms with Crippen LogP contribution in [0, 0.1) is 12.8 Å². The summed E-state index contributed by atoms with van der Waals surface area (Å²) < 4.78 is 0. The van der Waals surface area contributed by atoms with Gasteiger partial charge in [0.25, 0.3) is 0 Å². The summed E-state index contributed by atoms with van der Waals surface area (Å²) in [6, 6.07) is 5.40. The number of carbonyl (C=O) groups is 2. The number of amides is 2. The first kappa shape index (κ1) is 13.2. The van der Waals surface area contributed by atoms with E-state index in [2.05, 4.69) is 10.6 Å². The van der Waals surface area contributed by atoms with Crippen molar-refractivity contribution >= 4 is 23.2 Å². The summed E-state index contributed by atoms with van der Waals surface area (Å²) >= 11 is 0. The minimum atomic E-state index is -0.105. The third kappa shape index (κ3) is 3.90. The molecule has 1 aromatic rings. The average molecular weight is 234 g/mol. The van der Waals surface area contributed by atoms with Crippen molar-refractivity contribution in [1.29, 1.82) is 0 Å². The maximum Gasteiger partial charge on any atom is 0.226 e. The highest BCUT2D eigenvalue weighted by Gasteiger charge is 2.08. The monoisotopic (exact) mass is 234 g/mol. The molecule has 0 heterocycles. The van der Waals surface area contributed by atoms with Crippen LogP contribution in [0.2, 0.25) is 0 Å². The maximum absolute atomic E-state index is 11.5. The molecule has 92 valence electrons. The molecule has 0 spiro atoms. The molecule has 17 heavy (non-hydrogen) atoms. The normalized spacial score (nSPS) is 10.2. The molecule has 2 N–H and O–H groups in total. The molecular formula is C13H18N2O2. The Morgan fingerprint density at radius 1 is 1.18 bits per heavy atom. The number of carbonyl (C=O) groups excluding carboxylic acids is 2. The maximum atomic E-state index is 11.5. The van der Waals surface area contributed by atoms with Crippen LogP contribution in [0.25, 0.3) is 0 Å². The third-order valence-electron chi connectivity index (χ3n) is 2.33. The smallest absolute Gasteiger partial charge is 0.226 e. The van der Waals surface area contributed by atoms with Gasteiger partial charge in [0.05, 0.1) is 0 Å². The Hall–Kier alpha value is -1.84. The molecule has 0 bridgehead atoms. The number of aryl methyl sites for hydroxylation is 1. The van der Waals surface area contributed by atoms with Crippen molar-refractivity contribution in [1.82, 2.24) is 0 Å². The molecule has 0 aliphatic rings. The van der Waals surface area contributed by atoms with Crippen LogP contribution in [-0.4, -0.2) is 11.8 Å². The van der Waals surface area contributed by atoms with E-state index in [9.17, 15) is 9.59 Å². The average Bonchev–Trinajstić information content (AvgIpc) is 2.21. The lowest BCUT2D eigenvalue weighted by Gasteiger charge is -2.11. The highest BCUT2D eigenvalue weighted by atomic mass is 16.2. The van der Waals surface area contributed by atoms with Gasteiger partial charge in [-0.2, -0.15) is 0 Å². The zero-order valence-electron chi connectivity index (χ0n) is 10.6.